The van der Waals surface area contributed by atoms with Gasteiger partial charge in [0.15, 0.2) is 0 Å². The van der Waals surface area contributed by atoms with Crippen LogP contribution in [0.3, 0.4) is 0 Å². The number of carbonyl (C=O) groups excluding carboxylic acids is 1. The van der Waals surface area contributed by atoms with Crippen molar-refractivity contribution in [2.45, 2.75) is 19.1 Å². The zero-order valence-corrected chi connectivity index (χ0v) is 10.5. The van der Waals surface area contributed by atoms with Crippen molar-refractivity contribution in [3.63, 3.8) is 0 Å². The van der Waals surface area contributed by atoms with Crippen molar-refractivity contribution in [2.24, 2.45) is 5.73 Å². The Morgan fingerprint density at radius 3 is 2.67 bits per heavy atom. The molecule has 0 fully saturated rings. The highest BCUT2D eigenvalue weighted by Gasteiger charge is 2.13. The summed E-state index contributed by atoms with van der Waals surface area (Å²) in [6.45, 7) is -2.89. The largest absolute Gasteiger partial charge is 0.469 e. The maximum Gasteiger partial charge on any atom is 0.387 e. The van der Waals surface area contributed by atoms with Crippen LogP contribution in [-0.2, 0) is 9.53 Å². The highest BCUT2D eigenvalue weighted by molar-refractivity contribution is 5.85. The average molecular weight is 282 g/mol. The molecule has 0 aliphatic carbocycles. The van der Waals surface area contributed by atoms with E-state index in [0.29, 0.717) is 5.56 Å². The van der Waals surface area contributed by atoms with Crippen LogP contribution in [0.4, 0.5) is 8.78 Å². The van der Waals surface area contributed by atoms with E-state index in [9.17, 15) is 13.6 Å². The second kappa shape index (κ2) is 7.84. The Labute approximate surface area is 109 Å². The molecule has 102 valence electrons. The zero-order chi connectivity index (χ0) is 12.8. The van der Waals surface area contributed by atoms with Crippen molar-refractivity contribution in [3.05, 3.63) is 29.8 Å². The van der Waals surface area contributed by atoms with Crippen molar-refractivity contribution in [1.82, 2.24) is 0 Å². The van der Waals surface area contributed by atoms with E-state index >= 15 is 0 Å². The Morgan fingerprint density at radius 2 is 2.11 bits per heavy atom. The molecule has 1 aromatic rings. The molecule has 4 nitrogen and oxygen atoms in total. The van der Waals surface area contributed by atoms with Crippen LogP contribution in [0.25, 0.3) is 0 Å². The number of rotatable bonds is 5. The molecular formula is C11H14ClF2NO3. The van der Waals surface area contributed by atoms with Gasteiger partial charge in [-0.1, -0.05) is 12.1 Å². The SMILES string of the molecule is COC(=O)C[C@H](N)c1cccc(OC(F)F)c1.Cl. The number of hydrogen-bond acceptors (Lipinski definition) is 4. The van der Waals surface area contributed by atoms with Gasteiger partial charge in [-0.25, -0.2) is 0 Å². The standard InChI is InChI=1S/C11H13F2NO3.ClH/c1-16-10(15)6-9(14)7-3-2-4-8(5-7)17-11(12)13;/h2-5,9,11H,6,14H2,1H3;1H/t9-;/m0./s1. The van der Waals surface area contributed by atoms with Gasteiger partial charge in [-0.2, -0.15) is 8.78 Å². The molecule has 1 rings (SSSR count). The van der Waals surface area contributed by atoms with Gasteiger partial charge in [0.05, 0.1) is 13.5 Å². The summed E-state index contributed by atoms with van der Waals surface area (Å²) in [7, 11) is 1.26. The molecule has 0 saturated heterocycles. The topological polar surface area (TPSA) is 61.5 Å². The van der Waals surface area contributed by atoms with Gasteiger partial charge in [-0.15, -0.1) is 12.4 Å². The number of ether oxygens (including phenoxy) is 2. The van der Waals surface area contributed by atoms with E-state index in [1.807, 2.05) is 0 Å². The van der Waals surface area contributed by atoms with Gasteiger partial charge in [-0.05, 0) is 17.7 Å². The number of methoxy groups -OCH3 is 1. The summed E-state index contributed by atoms with van der Waals surface area (Å²) in [6.07, 6.45) is -0.0192. The molecule has 2 N–H and O–H groups in total. The van der Waals surface area contributed by atoms with Gasteiger partial charge < -0.3 is 15.2 Å². The summed E-state index contributed by atoms with van der Waals surface area (Å²) < 4.78 is 32.7. The number of halogens is 3. The fraction of sp³-hybridized carbons (Fsp3) is 0.364. The van der Waals surface area contributed by atoms with Gasteiger partial charge in [0, 0.05) is 6.04 Å². The summed E-state index contributed by atoms with van der Waals surface area (Å²) in [5.74, 6) is -0.449. The third kappa shape index (κ3) is 5.29. The van der Waals surface area contributed by atoms with Crippen molar-refractivity contribution < 1.29 is 23.0 Å². The van der Waals surface area contributed by atoms with Gasteiger partial charge in [0.25, 0.3) is 0 Å². The lowest BCUT2D eigenvalue weighted by Gasteiger charge is -2.12. The molecule has 0 amide bonds. The van der Waals surface area contributed by atoms with E-state index in [0.717, 1.165) is 0 Å². The second-order valence-corrected chi connectivity index (χ2v) is 3.34. The fourth-order valence-electron chi connectivity index (χ4n) is 1.30. The highest BCUT2D eigenvalue weighted by atomic mass is 35.5. The molecule has 0 unspecified atom stereocenters. The lowest BCUT2D eigenvalue weighted by atomic mass is 10.0. The van der Waals surface area contributed by atoms with Crippen LogP contribution in [0, 0.1) is 0 Å². The lowest BCUT2D eigenvalue weighted by Crippen LogP contribution is -2.16. The van der Waals surface area contributed by atoms with Crippen LogP contribution in [-0.4, -0.2) is 19.7 Å². The summed E-state index contributed by atoms with van der Waals surface area (Å²) in [6, 6.07) is 5.32. The van der Waals surface area contributed by atoms with E-state index in [-0.39, 0.29) is 24.6 Å². The third-order valence-corrected chi connectivity index (χ3v) is 2.13. The maximum absolute atomic E-state index is 12.0. The molecule has 0 aliphatic rings. The summed E-state index contributed by atoms with van der Waals surface area (Å²) in [5, 5.41) is 0. The van der Waals surface area contributed by atoms with Crippen molar-refractivity contribution >= 4 is 18.4 Å². The molecular weight excluding hydrogens is 268 g/mol. The molecule has 0 aliphatic heterocycles. The minimum Gasteiger partial charge on any atom is -0.469 e. The molecule has 0 heterocycles. The molecule has 0 spiro atoms. The first-order valence-electron chi connectivity index (χ1n) is 4.90. The maximum atomic E-state index is 12.0. The van der Waals surface area contributed by atoms with Gasteiger partial charge >= 0.3 is 12.6 Å². The Hall–Kier alpha value is -1.40. The Kier molecular flexibility index (Phi) is 7.23. The number of benzene rings is 1. The molecule has 0 radical (unpaired) electrons. The minimum atomic E-state index is -2.89. The predicted molar refractivity (Wildman–Crippen MR) is 63.9 cm³/mol. The smallest absolute Gasteiger partial charge is 0.387 e. The van der Waals surface area contributed by atoms with Crippen molar-refractivity contribution in [3.8, 4) is 5.75 Å². The van der Waals surface area contributed by atoms with E-state index in [4.69, 9.17) is 5.73 Å². The normalized spacial score (nSPS) is 11.6. The van der Waals surface area contributed by atoms with Crippen LogP contribution in [0.1, 0.15) is 18.0 Å². The molecule has 0 bridgehead atoms. The Balaban J connectivity index is 0.00000289. The first-order chi connectivity index (χ1) is 8.02. The zero-order valence-electron chi connectivity index (χ0n) is 9.64. The minimum absolute atomic E-state index is 0. The van der Waals surface area contributed by atoms with Crippen LogP contribution >= 0.6 is 12.4 Å². The van der Waals surface area contributed by atoms with Gasteiger partial charge in [0.1, 0.15) is 5.75 Å². The Morgan fingerprint density at radius 1 is 1.44 bits per heavy atom. The van der Waals surface area contributed by atoms with E-state index < -0.39 is 18.6 Å². The van der Waals surface area contributed by atoms with E-state index in [1.54, 1.807) is 6.07 Å². The van der Waals surface area contributed by atoms with E-state index in [2.05, 4.69) is 9.47 Å². The summed E-state index contributed by atoms with van der Waals surface area (Å²) >= 11 is 0. The monoisotopic (exact) mass is 281 g/mol. The molecule has 0 saturated carbocycles. The van der Waals surface area contributed by atoms with Crippen LogP contribution < -0.4 is 10.5 Å². The fourth-order valence-corrected chi connectivity index (χ4v) is 1.30. The van der Waals surface area contributed by atoms with Crippen LogP contribution in [0.2, 0.25) is 0 Å². The second-order valence-electron chi connectivity index (χ2n) is 3.34. The van der Waals surface area contributed by atoms with Crippen LogP contribution in [0.5, 0.6) is 5.75 Å². The molecule has 1 atom stereocenters. The lowest BCUT2D eigenvalue weighted by molar-refractivity contribution is -0.141. The summed E-state index contributed by atoms with van der Waals surface area (Å²) in [4.78, 5) is 11.0. The summed E-state index contributed by atoms with van der Waals surface area (Å²) in [5.41, 5.74) is 6.26. The number of nitrogens with two attached hydrogens (primary N) is 1. The van der Waals surface area contributed by atoms with Gasteiger partial charge in [0.2, 0.25) is 0 Å². The van der Waals surface area contributed by atoms with E-state index in [1.165, 1.54) is 25.3 Å². The number of esters is 1. The van der Waals surface area contributed by atoms with Crippen molar-refractivity contribution in [1.29, 1.82) is 0 Å². The highest BCUT2D eigenvalue weighted by Crippen LogP contribution is 2.21. The number of carbonyl (C=O) groups is 1. The van der Waals surface area contributed by atoms with Crippen LogP contribution in [0.15, 0.2) is 24.3 Å². The molecule has 1 aromatic carbocycles. The van der Waals surface area contributed by atoms with Gasteiger partial charge in [-0.3, -0.25) is 4.79 Å². The van der Waals surface area contributed by atoms with Crippen molar-refractivity contribution in [2.75, 3.05) is 7.11 Å². The third-order valence-electron chi connectivity index (χ3n) is 2.13. The Bertz CT molecular complexity index is 390. The number of hydrogen-bond donors (Lipinski definition) is 1. The first-order valence-corrected chi connectivity index (χ1v) is 4.90. The number of alkyl halides is 2. The predicted octanol–water partition coefficient (Wildman–Crippen LogP) is 2.27. The molecule has 7 heteroatoms. The first kappa shape index (κ1) is 16.6. The average Bonchev–Trinajstić information content (AvgIpc) is 2.28. The molecule has 18 heavy (non-hydrogen) atoms. The molecule has 0 aromatic heterocycles. The quantitative estimate of drug-likeness (QED) is 0.841.